The maximum Gasteiger partial charge on any atom is 0.407 e. The molecular formula is C45H59N7O6S. The van der Waals surface area contributed by atoms with E-state index in [1.807, 2.05) is 99.8 Å². The highest BCUT2D eigenvalue weighted by atomic mass is 32.1. The molecule has 0 bridgehead atoms. The summed E-state index contributed by atoms with van der Waals surface area (Å²) < 4.78 is 0. The van der Waals surface area contributed by atoms with Gasteiger partial charge in [-0.05, 0) is 65.3 Å². The predicted molar refractivity (Wildman–Crippen MR) is 230 cm³/mol. The lowest BCUT2D eigenvalue weighted by Crippen LogP contribution is -2.59. The normalized spacial score (nSPS) is 15.9. The number of carbonyl (C=O) groups excluding carboxylic acids is 3. The first kappa shape index (κ1) is 44.8. The summed E-state index contributed by atoms with van der Waals surface area (Å²) in [5.74, 6) is -0.882. The summed E-state index contributed by atoms with van der Waals surface area (Å²) in [5.41, 5.74) is 3.07. The monoisotopic (exact) mass is 825 g/mol. The lowest BCUT2D eigenvalue weighted by Gasteiger charge is -2.38. The number of benzene rings is 2. The first-order valence-corrected chi connectivity index (χ1v) is 20.9. The molecule has 2 aromatic carbocycles. The van der Waals surface area contributed by atoms with Crippen LogP contribution in [0.4, 0.5) is 9.59 Å². The number of thiazole rings is 1. The third kappa shape index (κ3) is 11.9. The number of rotatable bonds is 16. The Labute approximate surface area is 351 Å². The number of aliphatic hydroxyl groups is 1. The van der Waals surface area contributed by atoms with E-state index < -0.39 is 53.1 Å². The Morgan fingerprint density at radius 3 is 2.12 bits per heavy atom. The van der Waals surface area contributed by atoms with Gasteiger partial charge in [0.2, 0.25) is 11.8 Å². The number of nitrogens with one attached hydrogen (secondary N) is 2. The molecule has 0 unspecified atom stereocenters. The van der Waals surface area contributed by atoms with Crippen LogP contribution in [0.25, 0.3) is 11.1 Å². The van der Waals surface area contributed by atoms with Crippen LogP contribution in [0.1, 0.15) is 69.8 Å². The lowest BCUT2D eigenvalue weighted by molar-refractivity contribution is -0.131. The number of pyridine rings is 1. The fourth-order valence-electron chi connectivity index (χ4n) is 7.92. The maximum atomic E-state index is 14.5. The van der Waals surface area contributed by atoms with Gasteiger partial charge in [-0.25, -0.2) is 14.6 Å². The van der Waals surface area contributed by atoms with Crippen molar-refractivity contribution in [3.05, 3.63) is 106 Å². The topological polar surface area (TPSA) is 168 Å². The number of amides is 5. The fourth-order valence-corrected chi connectivity index (χ4v) is 8.52. The Hall–Kier alpha value is -5.34. The summed E-state index contributed by atoms with van der Waals surface area (Å²) in [6, 6.07) is 17.6. The Morgan fingerprint density at radius 1 is 0.864 bits per heavy atom. The average Bonchev–Trinajstić information content (AvgIpc) is 3.74. The van der Waals surface area contributed by atoms with Crippen molar-refractivity contribution in [1.29, 1.82) is 0 Å². The molecule has 3 heterocycles. The standard InChI is InChI=1S/C45H59N7O6S/c1-29-47-35(28-59-29)27-51-21-22-52(42(51)56)39(45(5,6)7)41(55)48-34(23-30-13-10-9-11-14-30)25-37(53)36(49-40(54)38(44(2,3)4)50(8)43(57)58)24-31-16-18-32(19-17-31)33-15-12-20-46-26-33/h9-20,26,28,34,36-39,53H,21-25,27H2,1-8H3,(H,48,55)(H,49,54)(H,57,58)/t34-,36-,37-,38+,39+/m0/s1. The van der Waals surface area contributed by atoms with E-state index in [9.17, 15) is 29.4 Å². The van der Waals surface area contributed by atoms with Crippen molar-refractivity contribution < 1.29 is 29.4 Å². The van der Waals surface area contributed by atoms with Crippen LogP contribution in [0.5, 0.6) is 0 Å². The van der Waals surface area contributed by atoms with Gasteiger partial charge in [-0.3, -0.25) is 19.5 Å². The number of carboxylic acid groups (broad SMARTS) is 1. The molecule has 13 nitrogen and oxygen atoms in total. The molecule has 5 rings (SSSR count). The number of hydrogen-bond acceptors (Lipinski definition) is 8. The summed E-state index contributed by atoms with van der Waals surface area (Å²) in [6.45, 7) is 14.3. The van der Waals surface area contributed by atoms with Gasteiger partial charge in [0.1, 0.15) is 12.1 Å². The van der Waals surface area contributed by atoms with Crippen molar-refractivity contribution in [2.24, 2.45) is 10.8 Å². The first-order valence-electron chi connectivity index (χ1n) is 20.1. The molecule has 0 spiro atoms. The van der Waals surface area contributed by atoms with Crippen molar-refractivity contribution in [3.8, 4) is 11.1 Å². The average molecular weight is 826 g/mol. The van der Waals surface area contributed by atoms with Gasteiger partial charge in [-0.2, -0.15) is 0 Å². The third-order valence-corrected chi connectivity index (χ3v) is 11.5. The second-order valence-electron chi connectivity index (χ2n) is 17.6. The molecule has 0 radical (unpaired) electrons. The number of urea groups is 1. The van der Waals surface area contributed by atoms with Crippen LogP contribution in [0, 0.1) is 17.8 Å². The minimum Gasteiger partial charge on any atom is -0.465 e. The second-order valence-corrected chi connectivity index (χ2v) is 18.7. The Kier molecular flexibility index (Phi) is 14.5. The van der Waals surface area contributed by atoms with Crippen LogP contribution in [0.15, 0.2) is 84.5 Å². The highest BCUT2D eigenvalue weighted by molar-refractivity contribution is 7.09. The van der Waals surface area contributed by atoms with E-state index in [1.165, 1.54) is 18.4 Å². The number of nitrogens with zero attached hydrogens (tertiary/aromatic N) is 5. The van der Waals surface area contributed by atoms with Crippen LogP contribution in [0.3, 0.4) is 0 Å². The molecule has 1 aliphatic heterocycles. The molecule has 4 aromatic rings. The Morgan fingerprint density at radius 2 is 1.54 bits per heavy atom. The fraction of sp³-hybridized carbons (Fsp3) is 0.467. The zero-order chi connectivity index (χ0) is 43.1. The number of carbonyl (C=O) groups is 4. The van der Waals surface area contributed by atoms with Crippen LogP contribution >= 0.6 is 11.3 Å². The van der Waals surface area contributed by atoms with E-state index in [4.69, 9.17) is 0 Å². The number of likely N-dealkylation sites (N-methyl/N-ethyl adjacent to an activating group) is 1. The minimum absolute atomic E-state index is 0.0500. The molecular weight excluding hydrogens is 767 g/mol. The molecule has 316 valence electrons. The van der Waals surface area contributed by atoms with Gasteiger partial charge < -0.3 is 30.6 Å². The molecule has 14 heteroatoms. The molecule has 4 N–H and O–H groups in total. The molecule has 5 amide bonds. The largest absolute Gasteiger partial charge is 0.465 e. The van der Waals surface area contributed by atoms with Gasteiger partial charge in [0.15, 0.2) is 0 Å². The summed E-state index contributed by atoms with van der Waals surface area (Å²) in [4.78, 5) is 67.8. The minimum atomic E-state index is -1.25. The third-order valence-electron chi connectivity index (χ3n) is 10.7. The number of aliphatic hydroxyl groups excluding tert-OH is 1. The van der Waals surface area contributed by atoms with Gasteiger partial charge in [0.25, 0.3) is 0 Å². The molecule has 1 saturated heterocycles. The Balaban J connectivity index is 1.42. The van der Waals surface area contributed by atoms with E-state index >= 15 is 0 Å². The Bertz CT molecular complexity index is 2030. The summed E-state index contributed by atoms with van der Waals surface area (Å²) in [5, 5.41) is 31.2. The molecule has 0 aliphatic carbocycles. The van der Waals surface area contributed by atoms with E-state index in [1.54, 1.807) is 43.0 Å². The molecule has 1 aliphatic rings. The van der Waals surface area contributed by atoms with Gasteiger partial charge in [0, 0.05) is 44.0 Å². The highest BCUT2D eigenvalue weighted by Crippen LogP contribution is 2.30. The van der Waals surface area contributed by atoms with Gasteiger partial charge in [-0.1, -0.05) is 102 Å². The first-order chi connectivity index (χ1) is 27.8. The summed E-state index contributed by atoms with van der Waals surface area (Å²) >= 11 is 1.53. The van der Waals surface area contributed by atoms with E-state index in [0.29, 0.717) is 26.1 Å². The molecule has 5 atom stereocenters. The SMILES string of the molecule is Cc1nc(CN2CCN([C@H](C(=O)N[C@@H](Cc3ccccc3)C[C@H](O)[C@H](Cc3ccc(-c4cccnc4)cc3)NC(=O)[C@@H](N(C)C(=O)O)C(C)(C)C)C(C)(C)C)C2=O)cs1. The molecule has 59 heavy (non-hydrogen) atoms. The van der Waals surface area contributed by atoms with Crippen LogP contribution in [-0.2, 0) is 29.0 Å². The van der Waals surface area contributed by atoms with E-state index in [2.05, 4.69) is 20.6 Å². The predicted octanol–water partition coefficient (Wildman–Crippen LogP) is 6.40. The number of aryl methyl sites for hydroxylation is 1. The van der Waals surface area contributed by atoms with Crippen molar-refractivity contribution >= 4 is 35.3 Å². The van der Waals surface area contributed by atoms with Crippen molar-refractivity contribution in [1.82, 2.24) is 35.3 Å². The molecule has 2 aromatic heterocycles. The van der Waals surface area contributed by atoms with Crippen LogP contribution in [0.2, 0.25) is 0 Å². The van der Waals surface area contributed by atoms with Crippen molar-refractivity contribution in [2.75, 3.05) is 20.1 Å². The zero-order valence-electron chi connectivity index (χ0n) is 35.4. The maximum absolute atomic E-state index is 14.5. The van der Waals surface area contributed by atoms with Gasteiger partial charge in [0.05, 0.1) is 29.4 Å². The quantitative estimate of drug-likeness (QED) is 0.101. The zero-order valence-corrected chi connectivity index (χ0v) is 36.2. The highest BCUT2D eigenvalue weighted by Gasteiger charge is 2.44. The summed E-state index contributed by atoms with van der Waals surface area (Å²) in [7, 11) is 1.36. The molecule has 1 fully saturated rings. The molecule has 0 saturated carbocycles. The number of hydrogen-bond donors (Lipinski definition) is 4. The summed E-state index contributed by atoms with van der Waals surface area (Å²) in [6.07, 6.45) is 1.70. The van der Waals surface area contributed by atoms with Gasteiger partial charge >= 0.3 is 12.1 Å². The second kappa shape index (κ2) is 19.2. The van der Waals surface area contributed by atoms with Crippen molar-refractivity contribution in [3.63, 3.8) is 0 Å². The van der Waals surface area contributed by atoms with Crippen molar-refractivity contribution in [2.45, 2.75) is 105 Å². The van der Waals surface area contributed by atoms with E-state index in [0.717, 1.165) is 37.9 Å². The van der Waals surface area contributed by atoms with Crippen LogP contribution < -0.4 is 10.6 Å². The van der Waals surface area contributed by atoms with E-state index in [-0.39, 0.29) is 24.8 Å². The lowest BCUT2D eigenvalue weighted by atomic mass is 9.84. The number of aromatic nitrogens is 2. The smallest absolute Gasteiger partial charge is 0.407 e. The van der Waals surface area contributed by atoms with Gasteiger partial charge in [-0.15, -0.1) is 11.3 Å². The van der Waals surface area contributed by atoms with Crippen LogP contribution in [-0.4, -0.2) is 109 Å².